The summed E-state index contributed by atoms with van der Waals surface area (Å²) in [7, 11) is 1.51. The van der Waals surface area contributed by atoms with Gasteiger partial charge in [-0.05, 0) is 19.1 Å². The van der Waals surface area contributed by atoms with E-state index in [0.29, 0.717) is 49.6 Å². The number of fused-ring (bicyclic) bond motifs is 1. The molecule has 4 aromatic rings. The smallest absolute Gasteiger partial charge is 0.259 e. The van der Waals surface area contributed by atoms with Crippen LogP contribution in [-0.2, 0) is 0 Å². The second-order valence-electron chi connectivity index (χ2n) is 8.26. The van der Waals surface area contributed by atoms with E-state index in [1.165, 1.54) is 37.0 Å². The van der Waals surface area contributed by atoms with E-state index in [0.717, 1.165) is 0 Å². The number of hydrogen-bond acceptors (Lipinski definition) is 9. The van der Waals surface area contributed by atoms with Crippen LogP contribution in [0.5, 0.6) is 5.75 Å². The number of hydrogen-bond donors (Lipinski definition) is 1. The van der Waals surface area contributed by atoms with Crippen LogP contribution in [0.15, 0.2) is 30.7 Å². The fourth-order valence-electron chi connectivity index (χ4n) is 3.88. The lowest BCUT2D eigenvalue weighted by Gasteiger charge is -2.31. The molecular weight excluding hydrogens is 512 g/mol. The van der Waals surface area contributed by atoms with Crippen molar-refractivity contribution in [3.8, 4) is 16.9 Å². The molecule has 1 fully saturated rings. The number of nitrogens with zero attached hydrogens (tertiary/aromatic N) is 6. The number of thiazole rings is 1. The van der Waals surface area contributed by atoms with E-state index in [9.17, 15) is 13.6 Å². The van der Waals surface area contributed by atoms with Crippen LogP contribution in [0.25, 0.3) is 21.5 Å². The van der Waals surface area contributed by atoms with Gasteiger partial charge in [0.25, 0.3) is 11.8 Å². The largest absolute Gasteiger partial charge is 0.494 e. The Morgan fingerprint density at radius 3 is 2.64 bits per heavy atom. The van der Waals surface area contributed by atoms with Crippen LogP contribution in [0, 0.1) is 6.92 Å². The minimum absolute atomic E-state index is 0.173. The van der Waals surface area contributed by atoms with Crippen molar-refractivity contribution in [1.29, 1.82) is 0 Å². The molecule has 0 atom stereocenters. The summed E-state index contributed by atoms with van der Waals surface area (Å²) >= 11 is 7.28. The number of pyridine rings is 2. The molecule has 1 amide bonds. The number of halogens is 3. The van der Waals surface area contributed by atoms with Crippen molar-refractivity contribution in [1.82, 2.24) is 24.9 Å². The van der Waals surface area contributed by atoms with Crippen molar-refractivity contribution >= 4 is 50.3 Å². The maximum Gasteiger partial charge on any atom is 0.259 e. The van der Waals surface area contributed by atoms with Crippen LogP contribution >= 0.6 is 22.9 Å². The van der Waals surface area contributed by atoms with Crippen LogP contribution in [0.3, 0.4) is 0 Å². The quantitative estimate of drug-likeness (QED) is 0.359. The lowest BCUT2D eigenvalue weighted by Crippen LogP contribution is -2.40. The Balaban J connectivity index is 1.42. The van der Waals surface area contributed by atoms with Crippen LogP contribution in [0.1, 0.15) is 28.9 Å². The molecule has 1 aliphatic rings. The summed E-state index contributed by atoms with van der Waals surface area (Å²) in [6.45, 7) is 2.16. The number of alkyl halides is 2. The summed E-state index contributed by atoms with van der Waals surface area (Å²) in [5, 5.41) is 3.37. The van der Waals surface area contributed by atoms with Gasteiger partial charge in [-0.2, -0.15) is 4.98 Å². The summed E-state index contributed by atoms with van der Waals surface area (Å²) in [5.41, 5.74) is 2.66. The highest BCUT2D eigenvalue weighted by Crippen LogP contribution is 2.35. The van der Waals surface area contributed by atoms with Crippen LogP contribution < -0.4 is 15.0 Å². The van der Waals surface area contributed by atoms with Gasteiger partial charge < -0.3 is 9.64 Å². The SMILES string of the molecule is COc1cnc(Cl)cc1-c1cc(C)ncc1C(=O)Nc1nc2cnc(N3CCC(F)(F)CC3)nc2s1. The average molecular weight is 532 g/mol. The number of carbonyl (C=O) groups excluding carboxylic acids is 1. The molecule has 5 heterocycles. The van der Waals surface area contributed by atoms with Crippen molar-refractivity contribution in [2.75, 3.05) is 30.4 Å². The molecule has 5 rings (SSSR count). The van der Waals surface area contributed by atoms with Gasteiger partial charge in [-0.3, -0.25) is 15.1 Å². The number of piperidine rings is 1. The van der Waals surface area contributed by atoms with E-state index in [1.54, 1.807) is 17.0 Å². The Hall–Kier alpha value is -3.51. The number of anilines is 2. The van der Waals surface area contributed by atoms with Gasteiger partial charge in [-0.1, -0.05) is 22.9 Å². The molecular formula is C23H20ClF2N7O2S. The molecule has 1 saturated heterocycles. The number of methoxy groups -OCH3 is 1. The highest BCUT2D eigenvalue weighted by Gasteiger charge is 2.35. The Morgan fingerprint density at radius 1 is 1.11 bits per heavy atom. The van der Waals surface area contributed by atoms with E-state index in [1.807, 2.05) is 6.92 Å². The fraction of sp³-hybridized carbons (Fsp3) is 0.304. The second kappa shape index (κ2) is 9.51. The van der Waals surface area contributed by atoms with E-state index < -0.39 is 11.8 Å². The monoisotopic (exact) mass is 531 g/mol. The van der Waals surface area contributed by atoms with E-state index in [-0.39, 0.29) is 31.1 Å². The predicted molar refractivity (Wildman–Crippen MR) is 133 cm³/mol. The van der Waals surface area contributed by atoms with Crippen molar-refractivity contribution < 1.29 is 18.3 Å². The minimum atomic E-state index is -2.65. The van der Waals surface area contributed by atoms with Crippen molar-refractivity contribution in [3.05, 3.63) is 47.1 Å². The zero-order chi connectivity index (χ0) is 25.4. The lowest BCUT2D eigenvalue weighted by molar-refractivity contribution is -0.0222. The standard InChI is InChI=1S/C23H20ClF2N7O2S/c1-12-7-13(14-8-18(24)28-11-17(14)35-2)15(9-27-12)19(34)31-22-30-16-10-29-21(32-20(16)36-22)33-5-3-23(25,26)4-6-33/h7-11H,3-6H2,1-2H3,(H,30,31,34). The molecule has 0 aliphatic carbocycles. The molecule has 0 radical (unpaired) electrons. The summed E-state index contributed by atoms with van der Waals surface area (Å²) in [6.07, 6.45) is 4.02. The Morgan fingerprint density at radius 2 is 1.89 bits per heavy atom. The lowest BCUT2D eigenvalue weighted by atomic mass is 10.0. The molecule has 186 valence electrons. The maximum absolute atomic E-state index is 13.5. The van der Waals surface area contributed by atoms with Gasteiger partial charge in [-0.25, -0.2) is 23.7 Å². The molecule has 36 heavy (non-hydrogen) atoms. The van der Waals surface area contributed by atoms with Crippen molar-refractivity contribution in [3.63, 3.8) is 0 Å². The molecule has 0 aromatic carbocycles. The van der Waals surface area contributed by atoms with Gasteiger partial charge in [0.15, 0.2) is 9.96 Å². The zero-order valence-corrected chi connectivity index (χ0v) is 20.8. The summed E-state index contributed by atoms with van der Waals surface area (Å²) in [5.74, 6) is -2.26. The molecule has 0 unspecified atom stereocenters. The first-order valence-corrected chi connectivity index (χ1v) is 12.2. The Kier molecular flexibility index (Phi) is 6.39. The molecule has 0 spiro atoms. The van der Waals surface area contributed by atoms with E-state index in [2.05, 4.69) is 30.2 Å². The van der Waals surface area contributed by atoms with Gasteiger partial charge in [-0.15, -0.1) is 0 Å². The summed E-state index contributed by atoms with van der Waals surface area (Å²) in [4.78, 5) is 37.0. The molecule has 13 heteroatoms. The minimum Gasteiger partial charge on any atom is -0.494 e. The van der Waals surface area contributed by atoms with Crippen molar-refractivity contribution in [2.45, 2.75) is 25.7 Å². The molecule has 4 aromatic heterocycles. The first-order chi connectivity index (χ1) is 17.2. The zero-order valence-electron chi connectivity index (χ0n) is 19.3. The number of ether oxygens (including phenoxy) is 1. The Bertz CT molecular complexity index is 1460. The molecule has 0 saturated carbocycles. The van der Waals surface area contributed by atoms with Gasteiger partial charge in [0.1, 0.15) is 16.4 Å². The van der Waals surface area contributed by atoms with Gasteiger partial charge in [0.2, 0.25) is 5.95 Å². The number of amides is 1. The normalized spacial score (nSPS) is 15.2. The fourth-order valence-corrected chi connectivity index (χ4v) is 4.84. The van der Waals surface area contributed by atoms with Crippen molar-refractivity contribution in [2.24, 2.45) is 0 Å². The van der Waals surface area contributed by atoms with Gasteiger partial charge in [0, 0.05) is 48.9 Å². The highest BCUT2D eigenvalue weighted by atomic mass is 35.5. The predicted octanol–water partition coefficient (Wildman–Crippen LogP) is 5.00. The third-order valence-corrected chi connectivity index (χ3v) is 6.85. The number of aryl methyl sites for hydroxylation is 1. The number of rotatable bonds is 5. The average Bonchev–Trinajstić information content (AvgIpc) is 3.25. The van der Waals surface area contributed by atoms with Gasteiger partial charge >= 0.3 is 0 Å². The molecule has 1 aliphatic heterocycles. The van der Waals surface area contributed by atoms with Crippen LogP contribution in [0.2, 0.25) is 5.15 Å². The maximum atomic E-state index is 13.5. The first-order valence-electron chi connectivity index (χ1n) is 11.0. The molecule has 0 bridgehead atoms. The highest BCUT2D eigenvalue weighted by molar-refractivity contribution is 7.22. The molecule has 9 nitrogen and oxygen atoms in total. The topological polar surface area (TPSA) is 106 Å². The second-order valence-corrected chi connectivity index (χ2v) is 9.62. The van der Waals surface area contributed by atoms with Crippen LogP contribution in [0.4, 0.5) is 19.9 Å². The third kappa shape index (κ3) is 4.91. The van der Waals surface area contributed by atoms with E-state index >= 15 is 0 Å². The summed E-state index contributed by atoms with van der Waals surface area (Å²) < 4.78 is 32.4. The number of aromatic nitrogens is 5. The Labute approximate surface area is 213 Å². The number of carbonyl (C=O) groups is 1. The first kappa shape index (κ1) is 24.2. The summed E-state index contributed by atoms with van der Waals surface area (Å²) in [6, 6.07) is 3.39. The molecule has 1 N–H and O–H groups in total. The number of nitrogens with one attached hydrogen (secondary N) is 1. The van der Waals surface area contributed by atoms with E-state index in [4.69, 9.17) is 16.3 Å². The third-order valence-electron chi connectivity index (χ3n) is 5.77. The van der Waals surface area contributed by atoms with Gasteiger partial charge in [0.05, 0.1) is 25.1 Å². The van der Waals surface area contributed by atoms with Crippen LogP contribution in [-0.4, -0.2) is 56.9 Å².